The van der Waals surface area contributed by atoms with Crippen molar-refractivity contribution in [3.63, 3.8) is 0 Å². The lowest BCUT2D eigenvalue weighted by atomic mass is 9.47. The summed E-state index contributed by atoms with van der Waals surface area (Å²) in [5, 5.41) is 0. The Morgan fingerprint density at radius 1 is 1.03 bits per heavy atom. The molecule has 33 heavy (non-hydrogen) atoms. The number of fused-ring (bicyclic) bond motifs is 5. The van der Waals surface area contributed by atoms with Gasteiger partial charge in [0.15, 0.2) is 0 Å². The first-order valence-electron chi connectivity index (χ1n) is 14.5. The minimum atomic E-state index is -0.103. The van der Waals surface area contributed by atoms with Crippen LogP contribution in [0, 0.1) is 52.3 Å². The summed E-state index contributed by atoms with van der Waals surface area (Å²) in [6.07, 6.45) is 17.3. The number of ether oxygens (including phenoxy) is 1. The van der Waals surface area contributed by atoms with Gasteiger partial charge in [0.1, 0.15) is 6.10 Å². The molecule has 9 atom stereocenters. The molecule has 0 heterocycles. The van der Waals surface area contributed by atoms with E-state index in [1.807, 2.05) is 5.57 Å². The summed E-state index contributed by atoms with van der Waals surface area (Å²) in [6.45, 7) is 16.6. The Morgan fingerprint density at radius 3 is 2.39 bits per heavy atom. The van der Waals surface area contributed by atoms with Gasteiger partial charge in [0.05, 0.1) is 0 Å². The molecule has 4 aliphatic carbocycles. The van der Waals surface area contributed by atoms with Crippen molar-refractivity contribution in [2.75, 3.05) is 0 Å². The van der Waals surface area contributed by atoms with Gasteiger partial charge in [-0.15, -0.1) is 0 Å². The Labute approximate surface area is 204 Å². The van der Waals surface area contributed by atoms with E-state index in [9.17, 15) is 4.79 Å². The van der Waals surface area contributed by atoms with E-state index in [2.05, 4.69) is 47.6 Å². The molecule has 188 valence electrons. The molecule has 0 amide bonds. The van der Waals surface area contributed by atoms with Crippen LogP contribution in [0.2, 0.25) is 0 Å². The van der Waals surface area contributed by atoms with E-state index in [1.165, 1.54) is 57.8 Å². The molecule has 3 saturated carbocycles. The molecule has 0 saturated heterocycles. The number of carbonyl (C=O) groups is 1. The summed E-state index contributed by atoms with van der Waals surface area (Å²) < 4.78 is 5.65. The van der Waals surface area contributed by atoms with Crippen molar-refractivity contribution in [1.29, 1.82) is 0 Å². The van der Waals surface area contributed by atoms with Gasteiger partial charge >= 0.3 is 5.97 Å². The van der Waals surface area contributed by atoms with Gasteiger partial charge in [-0.25, -0.2) is 0 Å². The number of allylic oxidation sites excluding steroid dienone is 2. The fraction of sp³-hybridized carbons (Fsp3) is 0.903. The summed E-state index contributed by atoms with van der Waals surface area (Å²) in [4.78, 5) is 11.5. The van der Waals surface area contributed by atoms with Crippen molar-refractivity contribution in [3.8, 4) is 0 Å². The smallest absolute Gasteiger partial charge is 0.302 e. The van der Waals surface area contributed by atoms with E-state index in [1.54, 1.807) is 6.92 Å². The van der Waals surface area contributed by atoms with E-state index in [0.717, 1.165) is 48.3 Å². The Morgan fingerprint density at radius 2 is 1.73 bits per heavy atom. The van der Waals surface area contributed by atoms with Gasteiger partial charge in [0, 0.05) is 6.92 Å². The average Bonchev–Trinajstić information content (AvgIpc) is 3.11. The molecule has 0 unspecified atom stereocenters. The number of rotatable bonds is 7. The first kappa shape index (κ1) is 25.3. The quantitative estimate of drug-likeness (QED) is 0.283. The Hall–Kier alpha value is -0.790. The standard InChI is InChI=1S/C31H52O2/c1-8-23(20(2)3)10-9-21(4)27-13-14-28-26-12-11-24-19-25(33-22(5)32)15-17-30(24,6)29(26)16-18-31(27,28)7/h12,20-21,23-25,27-29H,8-11,13-19H2,1-7H3/t21-,23-,24+,25-,27+,28-,29-,30+,31+/m1/s1. The van der Waals surface area contributed by atoms with Crippen LogP contribution in [0.5, 0.6) is 0 Å². The number of hydrogen-bond donors (Lipinski definition) is 0. The third-order valence-electron chi connectivity index (χ3n) is 11.6. The highest BCUT2D eigenvalue weighted by Gasteiger charge is 2.58. The lowest BCUT2D eigenvalue weighted by Crippen LogP contribution is -2.50. The predicted octanol–water partition coefficient (Wildman–Crippen LogP) is 8.60. The van der Waals surface area contributed by atoms with Gasteiger partial charge < -0.3 is 4.74 Å². The molecule has 0 aromatic heterocycles. The first-order valence-corrected chi connectivity index (χ1v) is 14.5. The molecule has 2 heteroatoms. The van der Waals surface area contributed by atoms with Crippen molar-refractivity contribution in [1.82, 2.24) is 0 Å². The average molecular weight is 457 g/mol. The molecular weight excluding hydrogens is 404 g/mol. The lowest BCUT2D eigenvalue weighted by molar-refractivity contribution is -0.152. The zero-order valence-electron chi connectivity index (χ0n) is 22.8. The van der Waals surface area contributed by atoms with E-state index >= 15 is 0 Å². The van der Waals surface area contributed by atoms with Gasteiger partial charge in [0.2, 0.25) is 0 Å². The normalized spacial score (nSPS) is 42.1. The van der Waals surface area contributed by atoms with Crippen LogP contribution in [-0.4, -0.2) is 12.1 Å². The van der Waals surface area contributed by atoms with Gasteiger partial charge in [0.25, 0.3) is 0 Å². The molecular formula is C31H52O2. The van der Waals surface area contributed by atoms with Crippen LogP contribution in [0.25, 0.3) is 0 Å². The summed E-state index contributed by atoms with van der Waals surface area (Å²) >= 11 is 0. The third-order valence-corrected chi connectivity index (χ3v) is 11.6. The molecule has 0 spiro atoms. The number of hydrogen-bond acceptors (Lipinski definition) is 2. The molecule has 4 rings (SSSR count). The summed E-state index contributed by atoms with van der Waals surface area (Å²) in [5.74, 6) is 5.65. The molecule has 0 radical (unpaired) electrons. The SMILES string of the molecule is CC[C@H](CC[C@@H](C)[C@@H]1CC[C@@H]2C3=CC[C@H]4C[C@H](OC(C)=O)CC[C@]4(C)[C@@H]3CC[C@]21C)C(C)C. The first-order chi connectivity index (χ1) is 15.6. The van der Waals surface area contributed by atoms with E-state index in [4.69, 9.17) is 4.74 Å². The van der Waals surface area contributed by atoms with Crippen LogP contribution in [0.1, 0.15) is 119 Å². The second-order valence-electron chi connectivity index (χ2n) is 13.4. The highest BCUT2D eigenvalue weighted by molar-refractivity contribution is 5.66. The van der Waals surface area contributed by atoms with Crippen molar-refractivity contribution >= 4 is 5.97 Å². The lowest BCUT2D eigenvalue weighted by Gasteiger charge is -2.58. The monoisotopic (exact) mass is 456 g/mol. The summed E-state index contributed by atoms with van der Waals surface area (Å²) in [5.41, 5.74) is 2.79. The fourth-order valence-corrected chi connectivity index (χ4v) is 9.48. The molecule has 0 aromatic carbocycles. The topological polar surface area (TPSA) is 26.3 Å². The van der Waals surface area contributed by atoms with Gasteiger partial charge in [-0.3, -0.25) is 4.79 Å². The minimum absolute atomic E-state index is 0.103. The molecule has 0 aliphatic heterocycles. The highest BCUT2D eigenvalue weighted by atomic mass is 16.5. The molecule has 0 N–H and O–H groups in total. The van der Waals surface area contributed by atoms with Crippen LogP contribution in [-0.2, 0) is 9.53 Å². The molecule has 0 bridgehead atoms. The second kappa shape index (κ2) is 9.69. The van der Waals surface area contributed by atoms with Crippen molar-refractivity contribution in [2.24, 2.45) is 52.3 Å². The zero-order valence-corrected chi connectivity index (χ0v) is 22.8. The van der Waals surface area contributed by atoms with Crippen molar-refractivity contribution < 1.29 is 9.53 Å². The van der Waals surface area contributed by atoms with Crippen LogP contribution in [0.4, 0.5) is 0 Å². The van der Waals surface area contributed by atoms with Crippen molar-refractivity contribution in [2.45, 2.75) is 125 Å². The van der Waals surface area contributed by atoms with Crippen LogP contribution in [0.3, 0.4) is 0 Å². The Bertz CT molecular complexity index is 737. The van der Waals surface area contributed by atoms with E-state index < -0.39 is 0 Å². The molecule has 4 aliphatic rings. The van der Waals surface area contributed by atoms with Crippen LogP contribution in [0.15, 0.2) is 11.6 Å². The van der Waals surface area contributed by atoms with Crippen LogP contribution >= 0.6 is 0 Å². The van der Waals surface area contributed by atoms with E-state index in [-0.39, 0.29) is 12.1 Å². The van der Waals surface area contributed by atoms with Gasteiger partial charge in [-0.1, -0.05) is 66.0 Å². The highest BCUT2D eigenvalue weighted by Crippen LogP contribution is 2.67. The molecule has 2 nitrogen and oxygen atoms in total. The third kappa shape index (κ3) is 4.58. The Kier molecular flexibility index (Phi) is 7.43. The maximum atomic E-state index is 11.5. The predicted molar refractivity (Wildman–Crippen MR) is 138 cm³/mol. The number of esters is 1. The van der Waals surface area contributed by atoms with Gasteiger partial charge in [-0.2, -0.15) is 0 Å². The van der Waals surface area contributed by atoms with E-state index in [0.29, 0.717) is 16.7 Å². The Balaban J connectivity index is 1.46. The summed E-state index contributed by atoms with van der Waals surface area (Å²) in [7, 11) is 0. The molecule has 3 fully saturated rings. The van der Waals surface area contributed by atoms with Gasteiger partial charge in [-0.05, 0) is 110 Å². The maximum absolute atomic E-state index is 11.5. The van der Waals surface area contributed by atoms with Crippen molar-refractivity contribution in [3.05, 3.63) is 11.6 Å². The second-order valence-corrected chi connectivity index (χ2v) is 13.4. The fourth-order valence-electron chi connectivity index (χ4n) is 9.48. The zero-order chi connectivity index (χ0) is 24.0. The maximum Gasteiger partial charge on any atom is 0.302 e. The minimum Gasteiger partial charge on any atom is -0.463 e. The van der Waals surface area contributed by atoms with Crippen LogP contribution < -0.4 is 0 Å². The summed E-state index contributed by atoms with van der Waals surface area (Å²) in [6, 6.07) is 0. The largest absolute Gasteiger partial charge is 0.463 e. The number of carbonyl (C=O) groups excluding carboxylic acids is 1. The molecule has 0 aromatic rings.